The molecule has 112 valence electrons. The molecule has 4 nitrogen and oxygen atoms in total. The first-order valence-corrected chi connectivity index (χ1v) is 7.84. The van der Waals surface area contributed by atoms with Crippen molar-refractivity contribution >= 4 is 23.0 Å². The van der Waals surface area contributed by atoms with Crippen molar-refractivity contribution in [2.75, 3.05) is 11.9 Å². The quantitative estimate of drug-likeness (QED) is 0.672. The molecule has 21 heavy (non-hydrogen) atoms. The van der Waals surface area contributed by atoms with E-state index in [2.05, 4.69) is 41.3 Å². The minimum atomic E-state index is 0.456. The Kier molecular flexibility index (Phi) is 4.96. The molecule has 2 rings (SSSR count). The molecule has 0 saturated heterocycles. The van der Waals surface area contributed by atoms with Gasteiger partial charge in [-0.3, -0.25) is 4.99 Å². The Balaban J connectivity index is 1.92. The summed E-state index contributed by atoms with van der Waals surface area (Å²) in [5, 5.41) is 4.24. The Morgan fingerprint density at radius 1 is 1.24 bits per heavy atom. The molecule has 3 N–H and O–H groups in total. The van der Waals surface area contributed by atoms with E-state index in [0.717, 1.165) is 22.8 Å². The molecule has 1 aromatic carbocycles. The minimum absolute atomic E-state index is 0.456. The number of hydrogen-bond acceptors (Lipinski definition) is 3. The summed E-state index contributed by atoms with van der Waals surface area (Å²) in [6.45, 7) is 8.92. The molecule has 0 atom stereocenters. The zero-order chi connectivity index (χ0) is 15.4. The van der Waals surface area contributed by atoms with Gasteiger partial charge in [-0.25, -0.2) is 4.98 Å². The van der Waals surface area contributed by atoms with Gasteiger partial charge in [-0.2, -0.15) is 0 Å². The van der Waals surface area contributed by atoms with Gasteiger partial charge < -0.3 is 11.1 Å². The average Bonchev–Trinajstić information content (AvgIpc) is 2.72. The van der Waals surface area contributed by atoms with E-state index >= 15 is 0 Å². The zero-order valence-electron chi connectivity index (χ0n) is 13.0. The maximum absolute atomic E-state index is 5.93. The second kappa shape index (κ2) is 6.72. The maximum Gasteiger partial charge on any atom is 0.193 e. The normalized spacial score (nSPS) is 11.7. The van der Waals surface area contributed by atoms with Gasteiger partial charge >= 0.3 is 0 Å². The van der Waals surface area contributed by atoms with Crippen LogP contribution in [0.2, 0.25) is 0 Å². The number of thiazole rings is 1. The van der Waals surface area contributed by atoms with Crippen molar-refractivity contribution in [3.05, 3.63) is 44.9 Å². The summed E-state index contributed by atoms with van der Waals surface area (Å²) in [5.74, 6) is 0.456. The molecule has 1 heterocycles. The maximum atomic E-state index is 5.93. The van der Waals surface area contributed by atoms with Crippen molar-refractivity contribution in [1.29, 1.82) is 0 Å². The molecule has 2 aromatic rings. The third kappa shape index (κ3) is 4.29. The molecule has 5 heteroatoms. The number of nitrogens with one attached hydrogen (secondary N) is 1. The molecule has 0 spiro atoms. The van der Waals surface area contributed by atoms with Crippen molar-refractivity contribution in [2.45, 2.75) is 34.1 Å². The molecule has 0 saturated carbocycles. The highest BCUT2D eigenvalue weighted by molar-refractivity contribution is 7.11. The highest BCUT2D eigenvalue weighted by Gasteiger charge is 2.04. The van der Waals surface area contributed by atoms with Crippen molar-refractivity contribution < 1.29 is 0 Å². The lowest BCUT2D eigenvalue weighted by molar-refractivity contribution is 0.965. The number of nitrogens with two attached hydrogens (primary N) is 1. The number of guanidine groups is 1. The van der Waals surface area contributed by atoms with E-state index in [-0.39, 0.29) is 0 Å². The van der Waals surface area contributed by atoms with Crippen LogP contribution < -0.4 is 11.1 Å². The number of hydrogen-bond donors (Lipinski definition) is 2. The fourth-order valence-corrected chi connectivity index (χ4v) is 3.02. The predicted octanol–water partition coefficient (Wildman–Crippen LogP) is 3.35. The molecule has 0 radical (unpaired) electrons. The Morgan fingerprint density at radius 2 is 2.00 bits per heavy atom. The zero-order valence-corrected chi connectivity index (χ0v) is 13.8. The van der Waals surface area contributed by atoms with E-state index in [1.807, 2.05) is 19.9 Å². The molecule has 0 bridgehead atoms. The molecule has 0 aliphatic rings. The van der Waals surface area contributed by atoms with Gasteiger partial charge in [0.25, 0.3) is 0 Å². The Bertz CT molecular complexity index is 658. The largest absolute Gasteiger partial charge is 0.370 e. The molecule has 0 aliphatic carbocycles. The number of anilines is 1. The smallest absolute Gasteiger partial charge is 0.193 e. The molecule has 0 fully saturated rings. The predicted molar refractivity (Wildman–Crippen MR) is 91.3 cm³/mol. The fourth-order valence-electron chi connectivity index (χ4n) is 2.09. The number of aliphatic imine (C=N–C) groups is 1. The topological polar surface area (TPSA) is 63.3 Å². The first kappa shape index (κ1) is 15.5. The summed E-state index contributed by atoms with van der Waals surface area (Å²) >= 11 is 1.73. The number of aryl methyl sites for hydroxylation is 4. The summed E-state index contributed by atoms with van der Waals surface area (Å²) in [4.78, 5) is 10.1. The number of aromatic nitrogens is 1. The van der Waals surface area contributed by atoms with Gasteiger partial charge in [0.05, 0.1) is 10.7 Å². The van der Waals surface area contributed by atoms with E-state index in [9.17, 15) is 0 Å². The van der Waals surface area contributed by atoms with Crippen molar-refractivity contribution in [3.63, 3.8) is 0 Å². The summed E-state index contributed by atoms with van der Waals surface area (Å²) in [6, 6.07) is 6.17. The molecule has 0 unspecified atom stereocenters. The summed E-state index contributed by atoms with van der Waals surface area (Å²) in [6.07, 6.45) is 0.882. The van der Waals surface area contributed by atoms with Crippen LogP contribution in [0.4, 0.5) is 5.69 Å². The first-order valence-electron chi connectivity index (χ1n) is 7.03. The first-order chi connectivity index (χ1) is 9.95. The van der Waals surface area contributed by atoms with Gasteiger partial charge in [-0.1, -0.05) is 6.07 Å². The summed E-state index contributed by atoms with van der Waals surface area (Å²) in [5.41, 5.74) is 10.5. The van der Waals surface area contributed by atoms with Crippen molar-refractivity contribution in [2.24, 2.45) is 10.7 Å². The monoisotopic (exact) mass is 302 g/mol. The Labute approximate surface area is 130 Å². The molecule has 0 amide bonds. The van der Waals surface area contributed by atoms with E-state index in [1.165, 1.54) is 16.0 Å². The number of nitrogens with zero attached hydrogens (tertiary/aromatic N) is 2. The van der Waals surface area contributed by atoms with Gasteiger partial charge in [0.15, 0.2) is 5.96 Å². The van der Waals surface area contributed by atoms with Crippen molar-refractivity contribution in [1.82, 2.24) is 4.98 Å². The summed E-state index contributed by atoms with van der Waals surface area (Å²) in [7, 11) is 0. The minimum Gasteiger partial charge on any atom is -0.370 e. The fraction of sp³-hybridized carbons (Fsp3) is 0.375. The van der Waals surface area contributed by atoms with Crippen LogP contribution in [0, 0.1) is 27.7 Å². The van der Waals surface area contributed by atoms with Crippen LogP contribution in [0.1, 0.15) is 26.7 Å². The lowest BCUT2D eigenvalue weighted by Crippen LogP contribution is -2.23. The SMILES string of the molecule is Cc1nc(C)c(CCN=C(N)Nc2ccc(C)c(C)c2)s1. The van der Waals surface area contributed by atoms with Gasteiger partial charge in [-0.05, 0) is 51.0 Å². The van der Waals surface area contributed by atoms with Gasteiger partial charge in [0.2, 0.25) is 0 Å². The highest BCUT2D eigenvalue weighted by atomic mass is 32.1. The second-order valence-corrected chi connectivity index (χ2v) is 6.47. The van der Waals surface area contributed by atoms with Crippen LogP contribution in [-0.2, 0) is 6.42 Å². The summed E-state index contributed by atoms with van der Waals surface area (Å²) < 4.78 is 0. The van der Waals surface area contributed by atoms with Crippen LogP contribution in [0.15, 0.2) is 23.2 Å². The molecule has 1 aromatic heterocycles. The molecule has 0 aliphatic heterocycles. The number of rotatable bonds is 4. The lowest BCUT2D eigenvalue weighted by Gasteiger charge is -2.08. The van der Waals surface area contributed by atoms with Crippen molar-refractivity contribution in [3.8, 4) is 0 Å². The van der Waals surface area contributed by atoms with Crippen LogP contribution in [-0.4, -0.2) is 17.5 Å². The second-order valence-electron chi connectivity index (χ2n) is 5.18. The van der Waals surface area contributed by atoms with Crippen LogP contribution >= 0.6 is 11.3 Å². The van der Waals surface area contributed by atoms with Gasteiger partial charge in [-0.15, -0.1) is 11.3 Å². The van der Waals surface area contributed by atoms with Crippen LogP contribution in [0.25, 0.3) is 0 Å². The van der Waals surface area contributed by atoms with E-state index in [4.69, 9.17) is 5.73 Å². The Morgan fingerprint density at radius 3 is 2.62 bits per heavy atom. The third-order valence-electron chi connectivity index (χ3n) is 3.40. The van der Waals surface area contributed by atoms with Gasteiger partial charge in [0.1, 0.15) is 0 Å². The molecular formula is C16H22N4S. The van der Waals surface area contributed by atoms with Crippen LogP contribution in [0.5, 0.6) is 0 Å². The Hall–Kier alpha value is -1.88. The standard InChI is InChI=1S/C16H22N4S/c1-10-5-6-14(9-11(10)2)20-16(17)18-8-7-15-12(3)19-13(4)21-15/h5-6,9H,7-8H2,1-4H3,(H3,17,18,20). The molecular weight excluding hydrogens is 280 g/mol. The number of benzene rings is 1. The average molecular weight is 302 g/mol. The van der Waals surface area contributed by atoms with E-state index < -0.39 is 0 Å². The highest BCUT2D eigenvalue weighted by Crippen LogP contribution is 2.17. The van der Waals surface area contributed by atoms with E-state index in [0.29, 0.717) is 12.5 Å². The third-order valence-corrected chi connectivity index (χ3v) is 4.53. The van der Waals surface area contributed by atoms with Gasteiger partial charge in [0, 0.05) is 23.5 Å². The van der Waals surface area contributed by atoms with Crippen LogP contribution in [0.3, 0.4) is 0 Å². The lowest BCUT2D eigenvalue weighted by atomic mass is 10.1. The van der Waals surface area contributed by atoms with E-state index in [1.54, 1.807) is 11.3 Å².